The summed E-state index contributed by atoms with van der Waals surface area (Å²) in [5.41, 5.74) is 5.47. The number of rotatable bonds is 1. The normalized spacial score (nSPS) is 29.2. The van der Waals surface area contributed by atoms with E-state index < -0.39 is 0 Å². The van der Waals surface area contributed by atoms with Crippen LogP contribution in [-0.2, 0) is 0 Å². The lowest BCUT2D eigenvalue weighted by atomic mass is 9.80. The fourth-order valence-electron chi connectivity index (χ4n) is 2.85. The molecule has 1 fully saturated rings. The highest BCUT2D eigenvalue weighted by Gasteiger charge is 2.26. The molecule has 0 spiro atoms. The van der Waals surface area contributed by atoms with Gasteiger partial charge in [0.25, 0.3) is 5.56 Å². The molecule has 5 heteroatoms. The van der Waals surface area contributed by atoms with E-state index in [1.165, 1.54) is 12.7 Å². The minimum atomic E-state index is -0.212. The Morgan fingerprint density at radius 2 is 1.94 bits per heavy atom. The summed E-state index contributed by atoms with van der Waals surface area (Å²) in [5.74, 6) is 1.26. The Labute approximate surface area is 106 Å². The SMILES string of the molecule is CC1CC(C)CC(n2cnc(Cl)c(N)c2=O)C1. The molecule has 0 saturated heterocycles. The van der Waals surface area contributed by atoms with E-state index >= 15 is 0 Å². The van der Waals surface area contributed by atoms with Crippen LogP contribution in [0.5, 0.6) is 0 Å². The van der Waals surface area contributed by atoms with Gasteiger partial charge in [-0.2, -0.15) is 0 Å². The van der Waals surface area contributed by atoms with Crippen molar-refractivity contribution in [2.45, 2.75) is 39.2 Å². The smallest absolute Gasteiger partial charge is 0.278 e. The van der Waals surface area contributed by atoms with Crippen LogP contribution in [0.25, 0.3) is 0 Å². The van der Waals surface area contributed by atoms with E-state index in [0.29, 0.717) is 11.8 Å². The minimum Gasteiger partial charge on any atom is -0.392 e. The van der Waals surface area contributed by atoms with Gasteiger partial charge in [0.1, 0.15) is 5.69 Å². The van der Waals surface area contributed by atoms with Crippen molar-refractivity contribution in [1.82, 2.24) is 9.55 Å². The van der Waals surface area contributed by atoms with E-state index in [9.17, 15) is 4.79 Å². The molecule has 1 heterocycles. The van der Waals surface area contributed by atoms with Crippen LogP contribution >= 0.6 is 11.6 Å². The lowest BCUT2D eigenvalue weighted by Gasteiger charge is -2.32. The Morgan fingerprint density at radius 3 is 2.53 bits per heavy atom. The predicted octanol–water partition coefficient (Wildman–Crippen LogP) is 2.48. The van der Waals surface area contributed by atoms with Crippen molar-refractivity contribution in [3.63, 3.8) is 0 Å². The van der Waals surface area contributed by atoms with Gasteiger partial charge in [0, 0.05) is 6.04 Å². The zero-order valence-electron chi connectivity index (χ0n) is 10.2. The summed E-state index contributed by atoms with van der Waals surface area (Å²) in [7, 11) is 0. The number of hydrogen-bond acceptors (Lipinski definition) is 3. The third-order valence-electron chi connectivity index (χ3n) is 3.53. The van der Waals surface area contributed by atoms with Crippen LogP contribution < -0.4 is 11.3 Å². The maximum absolute atomic E-state index is 12.0. The van der Waals surface area contributed by atoms with Crippen LogP contribution in [0.3, 0.4) is 0 Å². The Morgan fingerprint density at radius 1 is 1.35 bits per heavy atom. The van der Waals surface area contributed by atoms with Gasteiger partial charge < -0.3 is 5.73 Å². The molecule has 0 radical (unpaired) electrons. The van der Waals surface area contributed by atoms with Gasteiger partial charge in [0.15, 0.2) is 5.15 Å². The average molecular weight is 256 g/mol. The molecule has 0 aliphatic heterocycles. The van der Waals surface area contributed by atoms with Crippen LogP contribution in [0.4, 0.5) is 5.69 Å². The lowest BCUT2D eigenvalue weighted by molar-refractivity contribution is 0.217. The van der Waals surface area contributed by atoms with Gasteiger partial charge in [-0.15, -0.1) is 0 Å². The molecule has 0 aromatic carbocycles. The standard InChI is InChI=1S/C12H18ClN3O/c1-7-3-8(2)5-9(4-7)16-6-15-11(13)10(14)12(16)17/h6-9H,3-5,14H2,1-2H3. The third-order valence-corrected chi connectivity index (χ3v) is 3.83. The highest BCUT2D eigenvalue weighted by molar-refractivity contribution is 6.31. The van der Waals surface area contributed by atoms with Crippen molar-refractivity contribution < 1.29 is 0 Å². The number of nitrogens with two attached hydrogens (primary N) is 1. The number of hydrogen-bond donors (Lipinski definition) is 1. The first-order valence-electron chi connectivity index (χ1n) is 6.01. The summed E-state index contributed by atoms with van der Waals surface area (Å²) in [4.78, 5) is 16.0. The van der Waals surface area contributed by atoms with Crippen molar-refractivity contribution in [2.75, 3.05) is 5.73 Å². The molecule has 2 unspecified atom stereocenters. The van der Waals surface area contributed by atoms with E-state index in [1.54, 1.807) is 4.57 Å². The quantitative estimate of drug-likeness (QED) is 0.785. The highest BCUT2D eigenvalue weighted by atomic mass is 35.5. The van der Waals surface area contributed by atoms with Crippen molar-refractivity contribution in [3.05, 3.63) is 21.8 Å². The molecule has 0 bridgehead atoms. The first-order chi connectivity index (χ1) is 7.99. The van der Waals surface area contributed by atoms with Crippen LogP contribution in [0.2, 0.25) is 5.15 Å². The molecule has 1 aliphatic carbocycles. The number of nitrogens with zero attached hydrogens (tertiary/aromatic N) is 2. The van der Waals surface area contributed by atoms with Crippen LogP contribution in [0, 0.1) is 11.8 Å². The summed E-state index contributed by atoms with van der Waals surface area (Å²) < 4.78 is 1.65. The van der Waals surface area contributed by atoms with E-state index in [4.69, 9.17) is 17.3 Å². The van der Waals surface area contributed by atoms with Crippen LogP contribution in [0.1, 0.15) is 39.2 Å². The van der Waals surface area contributed by atoms with Gasteiger partial charge in [-0.3, -0.25) is 9.36 Å². The Kier molecular flexibility index (Phi) is 3.43. The highest BCUT2D eigenvalue weighted by Crippen LogP contribution is 2.35. The second kappa shape index (κ2) is 4.69. The molecule has 1 saturated carbocycles. The van der Waals surface area contributed by atoms with Crippen LogP contribution in [-0.4, -0.2) is 9.55 Å². The van der Waals surface area contributed by atoms with Crippen molar-refractivity contribution in [3.8, 4) is 0 Å². The molecule has 94 valence electrons. The molecule has 2 rings (SSSR count). The van der Waals surface area contributed by atoms with Gasteiger partial charge in [-0.05, 0) is 31.1 Å². The number of nitrogen functional groups attached to an aromatic ring is 1. The molecule has 2 atom stereocenters. The third kappa shape index (κ3) is 2.46. The monoisotopic (exact) mass is 255 g/mol. The zero-order valence-corrected chi connectivity index (χ0v) is 10.9. The van der Waals surface area contributed by atoms with Gasteiger partial charge >= 0.3 is 0 Å². The average Bonchev–Trinajstić information content (AvgIpc) is 2.24. The molecule has 1 aromatic heterocycles. The molecule has 1 aliphatic rings. The summed E-state index contributed by atoms with van der Waals surface area (Å²) in [5, 5.41) is 0.100. The molecule has 0 amide bonds. The lowest BCUT2D eigenvalue weighted by Crippen LogP contribution is -2.32. The van der Waals surface area contributed by atoms with E-state index in [1.807, 2.05) is 0 Å². The molecule has 4 nitrogen and oxygen atoms in total. The topological polar surface area (TPSA) is 60.9 Å². The second-order valence-electron chi connectivity index (χ2n) is 5.23. The van der Waals surface area contributed by atoms with Gasteiger partial charge in [0.2, 0.25) is 0 Å². The van der Waals surface area contributed by atoms with E-state index in [2.05, 4.69) is 18.8 Å². The fraction of sp³-hybridized carbons (Fsp3) is 0.667. The van der Waals surface area contributed by atoms with Crippen molar-refractivity contribution in [1.29, 1.82) is 0 Å². The first-order valence-corrected chi connectivity index (χ1v) is 6.39. The Bertz CT molecular complexity index is 461. The van der Waals surface area contributed by atoms with Gasteiger partial charge in [-0.25, -0.2) is 4.98 Å². The van der Waals surface area contributed by atoms with Crippen LogP contribution in [0.15, 0.2) is 11.1 Å². The summed E-state index contributed by atoms with van der Waals surface area (Å²) >= 11 is 5.73. The van der Waals surface area contributed by atoms with E-state index in [0.717, 1.165) is 12.8 Å². The van der Waals surface area contributed by atoms with E-state index in [-0.39, 0.29) is 22.4 Å². The minimum absolute atomic E-state index is 0.0556. The second-order valence-corrected chi connectivity index (χ2v) is 5.59. The molecule has 2 N–H and O–H groups in total. The molecular weight excluding hydrogens is 238 g/mol. The number of anilines is 1. The fourth-order valence-corrected chi connectivity index (χ4v) is 2.98. The number of halogens is 1. The van der Waals surface area contributed by atoms with Gasteiger partial charge in [0.05, 0.1) is 6.33 Å². The van der Waals surface area contributed by atoms with Crippen molar-refractivity contribution >= 4 is 17.3 Å². The molecule has 1 aromatic rings. The Balaban J connectivity index is 2.34. The molecule has 17 heavy (non-hydrogen) atoms. The largest absolute Gasteiger partial charge is 0.392 e. The zero-order chi connectivity index (χ0) is 12.6. The predicted molar refractivity (Wildman–Crippen MR) is 69.1 cm³/mol. The summed E-state index contributed by atoms with van der Waals surface area (Å²) in [6.45, 7) is 4.45. The van der Waals surface area contributed by atoms with Crippen molar-refractivity contribution in [2.24, 2.45) is 11.8 Å². The Hall–Kier alpha value is -1.03. The maximum atomic E-state index is 12.0. The first kappa shape index (κ1) is 12.4. The summed E-state index contributed by atoms with van der Waals surface area (Å²) in [6, 6.07) is 0.202. The number of aromatic nitrogens is 2. The maximum Gasteiger partial charge on any atom is 0.278 e. The van der Waals surface area contributed by atoms with Gasteiger partial charge in [-0.1, -0.05) is 25.4 Å². The molecular formula is C12H18ClN3O. The summed E-state index contributed by atoms with van der Waals surface area (Å²) in [6.07, 6.45) is 4.76.